The first-order valence-electron chi connectivity index (χ1n) is 24.8. The van der Waals surface area contributed by atoms with Gasteiger partial charge in [-0.25, -0.2) is 19.2 Å². The highest BCUT2D eigenvalue weighted by atomic mass is 127. The number of rotatable bonds is 24. The standard InChI is InChI=1S/C17H22I2O5.C16H20I2O5.C13H14I2O4.C12H12I2O4/c1-7-22-11(5)24-15-12(10(4)23-17(20)9(2)3)8-13(18)16(21-6)14(15)19;1-6-21-10(4)23-14-11(8-22-16(19)9(2)3)7-12(17)15(20-5)13(14)18;1-6(2)13(17)19-7(3)8-5-9(14)12(18-4)10(15)11(8)16;1-6(2)12(16)18-5-7-4-8(13)11(17-3)9(14)10(7)15/h8,10-11H,2,7H2,1,3-6H3;7,10H,2,6,8H2,1,3-5H3;5,7,16H,1H2,2-4H3;4,15H,1,5H2,2-3H3. The minimum atomic E-state index is -0.558. The molecule has 0 saturated heterocycles. The zero-order valence-electron chi connectivity index (χ0n) is 48.7. The number of aromatic hydroxyl groups is 2. The minimum absolute atomic E-state index is 0.00746. The monoisotopic (exact) mass is 2070 g/mol. The molecule has 464 valence electrons. The number of methoxy groups -OCH3 is 4. The molecule has 2 N–H and O–H groups in total. The van der Waals surface area contributed by atoms with E-state index in [0.29, 0.717) is 76.8 Å². The molecule has 18 nitrogen and oxygen atoms in total. The summed E-state index contributed by atoms with van der Waals surface area (Å²) < 4.78 is 71.2. The van der Waals surface area contributed by atoms with Crippen molar-refractivity contribution < 1.29 is 86.2 Å². The molecule has 0 bridgehead atoms. The predicted molar refractivity (Wildman–Crippen MR) is 388 cm³/mol. The van der Waals surface area contributed by atoms with Gasteiger partial charge in [0.15, 0.2) is 12.6 Å². The molecule has 0 heterocycles. The second-order valence-corrected chi connectivity index (χ2v) is 26.3. The van der Waals surface area contributed by atoms with Gasteiger partial charge in [-0.1, -0.05) is 26.3 Å². The lowest BCUT2D eigenvalue weighted by atomic mass is 10.1. The van der Waals surface area contributed by atoms with Gasteiger partial charge in [0.1, 0.15) is 71.4 Å². The molecule has 26 heteroatoms. The number of hydrogen-bond acceptors (Lipinski definition) is 18. The van der Waals surface area contributed by atoms with E-state index in [0.717, 1.165) is 44.0 Å². The van der Waals surface area contributed by atoms with Crippen molar-refractivity contribution >= 4 is 205 Å². The van der Waals surface area contributed by atoms with Crippen molar-refractivity contribution in [1.29, 1.82) is 0 Å². The molecule has 0 radical (unpaired) electrons. The molecule has 0 aliphatic carbocycles. The molecule has 0 fully saturated rings. The Bertz CT molecular complexity index is 3020. The normalized spacial score (nSPS) is 11.8. The van der Waals surface area contributed by atoms with Crippen LogP contribution in [0.2, 0.25) is 0 Å². The van der Waals surface area contributed by atoms with Crippen molar-refractivity contribution in [1.82, 2.24) is 0 Å². The van der Waals surface area contributed by atoms with Crippen LogP contribution in [-0.2, 0) is 60.8 Å². The maximum Gasteiger partial charge on any atom is 0.333 e. The van der Waals surface area contributed by atoms with Gasteiger partial charge in [-0.05, 0) is 274 Å². The van der Waals surface area contributed by atoms with Gasteiger partial charge in [-0.2, -0.15) is 0 Å². The number of esters is 4. The highest BCUT2D eigenvalue weighted by Crippen LogP contribution is 2.44. The summed E-state index contributed by atoms with van der Waals surface area (Å²) in [6.45, 7) is 32.7. The van der Waals surface area contributed by atoms with Crippen LogP contribution >= 0.6 is 181 Å². The lowest BCUT2D eigenvalue weighted by Crippen LogP contribution is -2.19. The highest BCUT2D eigenvalue weighted by molar-refractivity contribution is 14.1. The molecule has 0 aromatic heterocycles. The van der Waals surface area contributed by atoms with Crippen LogP contribution < -0.4 is 28.4 Å². The fraction of sp³-hybridized carbons (Fsp3) is 0.379. The second kappa shape index (κ2) is 39.8. The van der Waals surface area contributed by atoms with Gasteiger partial charge in [0.05, 0.1) is 57.0 Å². The van der Waals surface area contributed by atoms with Crippen LogP contribution in [-0.4, -0.2) is 88.3 Å². The van der Waals surface area contributed by atoms with Gasteiger partial charge >= 0.3 is 23.9 Å². The van der Waals surface area contributed by atoms with E-state index in [9.17, 15) is 29.4 Å². The van der Waals surface area contributed by atoms with Gasteiger partial charge in [-0.3, -0.25) is 0 Å². The Morgan fingerprint density at radius 2 is 0.750 bits per heavy atom. The Hall–Kier alpha value is -2.12. The summed E-state index contributed by atoms with van der Waals surface area (Å²) in [5.74, 6) is 2.17. The Balaban J connectivity index is 0.000000564. The number of carbonyl (C=O) groups is 4. The van der Waals surface area contributed by atoms with Crippen LogP contribution in [0.4, 0.5) is 0 Å². The second-order valence-electron chi connectivity index (χ2n) is 17.3. The highest BCUT2D eigenvalue weighted by Gasteiger charge is 2.27. The minimum Gasteiger partial charge on any atom is -0.506 e. The third-order valence-electron chi connectivity index (χ3n) is 10.5. The van der Waals surface area contributed by atoms with E-state index in [1.807, 2.05) is 85.0 Å². The quantitative estimate of drug-likeness (QED) is 0.0219. The van der Waals surface area contributed by atoms with Crippen LogP contribution in [0.15, 0.2) is 72.9 Å². The van der Waals surface area contributed by atoms with Crippen LogP contribution in [0.1, 0.15) is 104 Å². The molecule has 4 unspecified atom stereocenters. The van der Waals surface area contributed by atoms with Crippen molar-refractivity contribution in [2.75, 3.05) is 41.7 Å². The van der Waals surface area contributed by atoms with Crippen LogP contribution in [0.25, 0.3) is 0 Å². The van der Waals surface area contributed by atoms with Crippen LogP contribution in [0.5, 0.6) is 46.0 Å². The molecule has 0 spiro atoms. The van der Waals surface area contributed by atoms with E-state index in [4.69, 9.17) is 56.8 Å². The SMILES string of the molecule is C=C(C)C(=O)OC(C)c1cc(I)c(OC)c(I)c1O.C=C(C)C(=O)OC(C)c1cc(I)c(OC)c(I)c1OC(C)OCC.C=C(C)C(=O)OCc1cc(I)c(OC)c(I)c1O.C=C(C)C(=O)OCc1cc(I)c(OC)c(I)c1OC(C)OCC. The molecule has 0 aliphatic rings. The maximum absolute atomic E-state index is 11.8. The summed E-state index contributed by atoms with van der Waals surface area (Å²) in [6, 6.07) is 7.24. The van der Waals surface area contributed by atoms with E-state index < -0.39 is 48.7 Å². The fourth-order valence-electron chi connectivity index (χ4n) is 6.36. The smallest absolute Gasteiger partial charge is 0.333 e. The zero-order valence-corrected chi connectivity index (χ0v) is 66.0. The van der Waals surface area contributed by atoms with Crippen molar-refractivity contribution in [2.45, 2.75) is 107 Å². The van der Waals surface area contributed by atoms with E-state index >= 15 is 0 Å². The molecule has 4 aromatic rings. The molecule has 4 aromatic carbocycles. The average molecular weight is 2070 g/mol. The van der Waals surface area contributed by atoms with Gasteiger partial charge in [-0.15, -0.1) is 0 Å². The third-order valence-corrected chi connectivity index (χ3v) is 17.7. The summed E-state index contributed by atoms with van der Waals surface area (Å²) in [4.78, 5) is 46.3. The lowest BCUT2D eigenvalue weighted by Gasteiger charge is -2.23. The maximum atomic E-state index is 11.8. The van der Waals surface area contributed by atoms with Gasteiger partial charge < -0.3 is 67.1 Å². The first kappa shape index (κ1) is 79.9. The molecular weight excluding hydrogens is 2000 g/mol. The van der Waals surface area contributed by atoms with Crippen molar-refractivity contribution in [3.05, 3.63) is 124 Å². The first-order chi connectivity index (χ1) is 39.2. The Kier molecular flexibility index (Phi) is 37.8. The summed E-state index contributed by atoms with van der Waals surface area (Å²) in [5, 5.41) is 20.1. The summed E-state index contributed by atoms with van der Waals surface area (Å²) >= 11 is 16.9. The fourth-order valence-corrected chi connectivity index (χ4v) is 15.4. The first-order valence-corrected chi connectivity index (χ1v) is 33.4. The number of hydrogen-bond donors (Lipinski definition) is 2. The van der Waals surface area contributed by atoms with E-state index in [1.54, 1.807) is 82.1 Å². The van der Waals surface area contributed by atoms with E-state index in [-0.39, 0.29) is 24.7 Å². The molecule has 84 heavy (non-hydrogen) atoms. The topological polar surface area (TPSA) is 219 Å². The van der Waals surface area contributed by atoms with Gasteiger partial charge in [0.25, 0.3) is 0 Å². The molecule has 0 aliphatic heterocycles. The molecule has 4 rings (SSSR count). The summed E-state index contributed by atoms with van der Waals surface area (Å²) in [5.41, 5.74) is 3.95. The number of benzene rings is 4. The number of carbonyl (C=O) groups excluding carboxylic acids is 4. The van der Waals surface area contributed by atoms with E-state index in [2.05, 4.69) is 162 Å². The predicted octanol–water partition coefficient (Wildman–Crippen LogP) is 16.2. The summed E-state index contributed by atoms with van der Waals surface area (Å²) in [7, 11) is 6.30. The molecule has 4 atom stereocenters. The zero-order chi connectivity index (χ0) is 64.6. The third kappa shape index (κ3) is 24.7. The van der Waals surface area contributed by atoms with Crippen molar-refractivity contribution in [2.24, 2.45) is 0 Å². The largest absolute Gasteiger partial charge is 0.506 e. The molecule has 0 saturated carbocycles. The van der Waals surface area contributed by atoms with Crippen molar-refractivity contribution in [3.8, 4) is 46.0 Å². The Morgan fingerprint density at radius 3 is 1.13 bits per heavy atom. The molecular formula is C58H68I8O18. The number of phenolic OH excluding ortho intramolecular Hbond substituents is 2. The average Bonchev–Trinajstić information content (AvgIpc) is 3.41. The lowest BCUT2D eigenvalue weighted by molar-refractivity contribution is -0.144. The number of halogens is 8. The summed E-state index contributed by atoms with van der Waals surface area (Å²) in [6.07, 6.45) is -1.91. The van der Waals surface area contributed by atoms with Crippen LogP contribution in [0.3, 0.4) is 0 Å². The van der Waals surface area contributed by atoms with Gasteiger partial charge in [0.2, 0.25) is 0 Å². The van der Waals surface area contributed by atoms with Gasteiger partial charge in [0, 0.05) is 57.8 Å². The molecule has 0 amide bonds. The number of phenols is 2. The van der Waals surface area contributed by atoms with Crippen LogP contribution in [0, 0.1) is 28.6 Å². The van der Waals surface area contributed by atoms with E-state index in [1.165, 1.54) is 0 Å². The Morgan fingerprint density at radius 1 is 0.440 bits per heavy atom. The van der Waals surface area contributed by atoms with Crippen molar-refractivity contribution in [3.63, 3.8) is 0 Å². The number of ether oxygens (including phenoxy) is 12. The Labute approximate surface area is 601 Å².